The van der Waals surface area contributed by atoms with Gasteiger partial charge in [0.15, 0.2) is 0 Å². The summed E-state index contributed by atoms with van der Waals surface area (Å²) < 4.78 is 40.5. The number of rotatable bonds is 4. The Morgan fingerprint density at radius 2 is 1.92 bits per heavy atom. The quantitative estimate of drug-likeness (QED) is 0.756. The molecule has 0 radical (unpaired) electrons. The van der Waals surface area contributed by atoms with Gasteiger partial charge in [0.2, 0.25) is 0 Å². The van der Waals surface area contributed by atoms with Crippen LogP contribution in [0.4, 0.5) is 19.0 Å². The molecule has 0 spiro atoms. The maximum absolute atomic E-state index is 13.0. The van der Waals surface area contributed by atoms with Crippen LogP contribution in [0.25, 0.3) is 5.65 Å². The maximum atomic E-state index is 13.0. The van der Waals surface area contributed by atoms with E-state index in [2.05, 4.69) is 10.3 Å². The third-order valence-electron chi connectivity index (χ3n) is 4.54. The molecule has 2 aromatic heterocycles. The van der Waals surface area contributed by atoms with Crippen molar-refractivity contribution < 1.29 is 13.2 Å². The van der Waals surface area contributed by atoms with Crippen LogP contribution in [0.5, 0.6) is 0 Å². The van der Waals surface area contributed by atoms with Crippen molar-refractivity contribution in [2.75, 3.05) is 5.32 Å². The second kappa shape index (κ2) is 6.16. The summed E-state index contributed by atoms with van der Waals surface area (Å²) in [6.07, 6.45) is -0.898. The molecule has 4 rings (SSSR count). The van der Waals surface area contributed by atoms with Gasteiger partial charge in [-0.2, -0.15) is 13.2 Å². The van der Waals surface area contributed by atoms with Crippen molar-refractivity contribution in [2.45, 2.75) is 25.1 Å². The molecule has 1 fully saturated rings. The van der Waals surface area contributed by atoms with Crippen molar-refractivity contribution in [1.29, 1.82) is 0 Å². The molecule has 1 saturated carbocycles. The van der Waals surface area contributed by atoms with Gasteiger partial charge < -0.3 is 5.32 Å². The van der Waals surface area contributed by atoms with Gasteiger partial charge in [-0.1, -0.05) is 18.2 Å². The number of halogens is 3. The summed E-state index contributed by atoms with van der Waals surface area (Å²) in [4.78, 5) is 16.6. The molecule has 3 aromatic rings. The minimum absolute atomic E-state index is 0.231. The van der Waals surface area contributed by atoms with E-state index >= 15 is 0 Å². The summed E-state index contributed by atoms with van der Waals surface area (Å²) >= 11 is 0. The van der Waals surface area contributed by atoms with Crippen LogP contribution in [0.3, 0.4) is 0 Å². The number of benzene rings is 1. The van der Waals surface area contributed by atoms with Crippen LogP contribution in [-0.4, -0.2) is 9.38 Å². The smallest absolute Gasteiger partial charge is 0.363 e. The van der Waals surface area contributed by atoms with Crippen LogP contribution >= 0.6 is 0 Å². The zero-order valence-electron chi connectivity index (χ0n) is 13.7. The van der Waals surface area contributed by atoms with Gasteiger partial charge in [-0.05, 0) is 48.6 Å². The molecular weight excluding hydrogens is 343 g/mol. The Hall–Kier alpha value is -2.83. The maximum Gasteiger partial charge on any atom is 0.416 e. The number of alkyl halides is 3. The number of hydrogen-bond acceptors (Lipinski definition) is 3. The average molecular weight is 359 g/mol. The van der Waals surface area contributed by atoms with Crippen LogP contribution in [-0.2, 0) is 6.18 Å². The van der Waals surface area contributed by atoms with Crippen LogP contribution in [0.1, 0.15) is 30.0 Å². The van der Waals surface area contributed by atoms with Crippen molar-refractivity contribution in [2.24, 2.45) is 5.92 Å². The molecule has 0 unspecified atom stereocenters. The Morgan fingerprint density at radius 3 is 2.65 bits per heavy atom. The Kier molecular flexibility index (Phi) is 3.94. The molecule has 0 saturated heterocycles. The van der Waals surface area contributed by atoms with Gasteiger partial charge in [-0.25, -0.2) is 4.98 Å². The van der Waals surface area contributed by atoms with E-state index in [0.29, 0.717) is 17.0 Å². The minimum atomic E-state index is -4.38. The summed E-state index contributed by atoms with van der Waals surface area (Å²) in [7, 11) is 0. The molecule has 1 N–H and O–H groups in total. The van der Waals surface area contributed by atoms with E-state index in [1.807, 2.05) is 0 Å². The summed E-state index contributed by atoms with van der Waals surface area (Å²) in [6.45, 7) is 0. The number of hydrogen-bond donors (Lipinski definition) is 1. The van der Waals surface area contributed by atoms with Gasteiger partial charge in [0.1, 0.15) is 11.5 Å². The van der Waals surface area contributed by atoms with E-state index in [-0.39, 0.29) is 17.5 Å². The summed E-state index contributed by atoms with van der Waals surface area (Å²) in [6, 6.07) is 11.6. The molecule has 1 atom stereocenters. The Morgan fingerprint density at radius 1 is 1.12 bits per heavy atom. The third-order valence-corrected chi connectivity index (χ3v) is 4.54. The lowest BCUT2D eigenvalue weighted by Crippen LogP contribution is -2.19. The first-order chi connectivity index (χ1) is 12.4. The summed E-state index contributed by atoms with van der Waals surface area (Å²) in [5.41, 5.74) is 0.129. The Balaban J connectivity index is 1.70. The zero-order chi connectivity index (χ0) is 18.3. The summed E-state index contributed by atoms with van der Waals surface area (Å²) in [5, 5.41) is 3.18. The van der Waals surface area contributed by atoms with Gasteiger partial charge in [-0.3, -0.25) is 9.20 Å². The highest BCUT2D eigenvalue weighted by molar-refractivity contribution is 5.48. The predicted molar refractivity (Wildman–Crippen MR) is 92.0 cm³/mol. The molecule has 0 bridgehead atoms. The lowest BCUT2D eigenvalue weighted by Gasteiger charge is -2.21. The van der Waals surface area contributed by atoms with Crippen molar-refractivity contribution in [3.8, 4) is 0 Å². The second-order valence-corrected chi connectivity index (χ2v) is 6.49. The highest BCUT2D eigenvalue weighted by Crippen LogP contribution is 2.43. The van der Waals surface area contributed by atoms with E-state index in [9.17, 15) is 18.0 Å². The monoisotopic (exact) mass is 359 g/mol. The number of anilines is 1. The number of fused-ring (bicyclic) bond motifs is 1. The van der Waals surface area contributed by atoms with E-state index in [4.69, 9.17) is 0 Å². The largest absolute Gasteiger partial charge is 0.416 e. The van der Waals surface area contributed by atoms with Crippen molar-refractivity contribution in [3.63, 3.8) is 0 Å². The van der Waals surface area contributed by atoms with Gasteiger partial charge in [-0.15, -0.1) is 0 Å². The molecule has 7 heteroatoms. The lowest BCUT2D eigenvalue weighted by molar-refractivity contribution is -0.137. The standard InChI is InChI=1S/C19H16F3N3O/c20-19(21,22)14-5-3-4-13(10-14)18(12-7-8-12)24-15-11-17(26)25-9-2-1-6-16(25)23-15/h1-6,9-12,18,24H,7-8H2/t18-/m1/s1. The van der Waals surface area contributed by atoms with Gasteiger partial charge in [0, 0.05) is 12.3 Å². The average Bonchev–Trinajstić information content (AvgIpc) is 3.44. The van der Waals surface area contributed by atoms with Crippen LogP contribution in [0.2, 0.25) is 0 Å². The molecule has 2 heterocycles. The van der Waals surface area contributed by atoms with Gasteiger partial charge >= 0.3 is 6.18 Å². The summed E-state index contributed by atoms with van der Waals surface area (Å²) in [5.74, 6) is 0.602. The highest BCUT2D eigenvalue weighted by atomic mass is 19.4. The van der Waals surface area contributed by atoms with Crippen LogP contribution in [0.15, 0.2) is 59.5 Å². The molecular formula is C19H16F3N3O. The number of pyridine rings is 1. The first-order valence-electron chi connectivity index (χ1n) is 8.34. The molecule has 4 nitrogen and oxygen atoms in total. The number of nitrogens with one attached hydrogen (secondary N) is 1. The normalized spacial score (nSPS) is 15.8. The molecule has 1 aromatic carbocycles. The fourth-order valence-corrected chi connectivity index (χ4v) is 3.10. The van der Waals surface area contributed by atoms with Gasteiger partial charge in [0.25, 0.3) is 5.56 Å². The molecule has 134 valence electrons. The van der Waals surface area contributed by atoms with Crippen molar-refractivity contribution in [1.82, 2.24) is 9.38 Å². The van der Waals surface area contributed by atoms with E-state index in [1.165, 1.54) is 22.6 Å². The van der Waals surface area contributed by atoms with Crippen molar-refractivity contribution in [3.05, 3.63) is 76.2 Å². The molecule has 0 amide bonds. The minimum Gasteiger partial charge on any atom is -0.363 e. The molecule has 1 aliphatic carbocycles. The zero-order valence-corrected chi connectivity index (χ0v) is 13.7. The van der Waals surface area contributed by atoms with E-state index < -0.39 is 11.7 Å². The lowest BCUT2D eigenvalue weighted by atomic mass is 10.00. The number of nitrogens with zero attached hydrogens (tertiary/aromatic N) is 2. The van der Waals surface area contributed by atoms with Crippen LogP contribution < -0.4 is 10.9 Å². The fourth-order valence-electron chi connectivity index (χ4n) is 3.10. The first kappa shape index (κ1) is 16.6. The molecule has 0 aliphatic heterocycles. The molecule has 1 aliphatic rings. The van der Waals surface area contributed by atoms with Crippen LogP contribution in [0, 0.1) is 5.92 Å². The predicted octanol–water partition coefficient (Wildman–Crippen LogP) is 4.28. The van der Waals surface area contributed by atoms with E-state index in [0.717, 1.165) is 18.9 Å². The third kappa shape index (κ3) is 3.29. The van der Waals surface area contributed by atoms with E-state index in [1.54, 1.807) is 30.5 Å². The molecule has 26 heavy (non-hydrogen) atoms. The van der Waals surface area contributed by atoms with Gasteiger partial charge in [0.05, 0.1) is 11.6 Å². The second-order valence-electron chi connectivity index (χ2n) is 6.49. The number of aromatic nitrogens is 2. The highest BCUT2D eigenvalue weighted by Gasteiger charge is 2.35. The fraction of sp³-hybridized carbons (Fsp3) is 0.263. The van der Waals surface area contributed by atoms with Crippen molar-refractivity contribution >= 4 is 11.5 Å². The Bertz CT molecular complexity index is 1010. The SMILES string of the molecule is O=c1cc(N[C@@H](c2cccc(C(F)(F)F)c2)C2CC2)nc2ccccn12. The first-order valence-corrected chi connectivity index (χ1v) is 8.34. The topological polar surface area (TPSA) is 46.4 Å². The Labute approximate surface area is 147 Å².